The second-order valence-electron chi connectivity index (χ2n) is 3.91. The predicted molar refractivity (Wildman–Crippen MR) is 67.1 cm³/mol. The van der Waals surface area contributed by atoms with Gasteiger partial charge in [-0.25, -0.2) is 0 Å². The van der Waals surface area contributed by atoms with Crippen molar-refractivity contribution in [2.45, 2.75) is 13.1 Å². The zero-order chi connectivity index (χ0) is 13.7. The average molecular weight is 257 g/mol. The quantitative estimate of drug-likeness (QED) is 0.655. The Labute approximate surface area is 109 Å². The average Bonchev–Trinajstić information content (AvgIpc) is 2.88. The van der Waals surface area contributed by atoms with Crippen LogP contribution in [0.25, 0.3) is 0 Å². The molecule has 0 saturated heterocycles. The summed E-state index contributed by atoms with van der Waals surface area (Å²) in [5.74, 6) is 0.242. The van der Waals surface area contributed by atoms with Gasteiger partial charge in [0.2, 0.25) is 0 Å². The van der Waals surface area contributed by atoms with E-state index in [1.807, 2.05) is 12.1 Å². The number of benzene rings is 1. The lowest BCUT2D eigenvalue weighted by Crippen LogP contribution is -2.12. The van der Waals surface area contributed by atoms with Crippen LogP contribution in [0, 0.1) is 21.4 Å². The van der Waals surface area contributed by atoms with Crippen molar-refractivity contribution >= 4 is 5.88 Å². The number of hydrogen-bond acceptors (Lipinski definition) is 5. The smallest absolute Gasteiger partial charge is 0.404 e. The van der Waals surface area contributed by atoms with Crippen molar-refractivity contribution in [3.63, 3.8) is 0 Å². The van der Waals surface area contributed by atoms with Crippen LogP contribution in [0.2, 0.25) is 0 Å². The van der Waals surface area contributed by atoms with Crippen LogP contribution in [0.15, 0.2) is 40.8 Å². The number of nitrogens with zero attached hydrogens (tertiary/aromatic N) is 2. The van der Waals surface area contributed by atoms with Crippen LogP contribution in [-0.4, -0.2) is 4.92 Å². The Kier molecular flexibility index (Phi) is 3.90. The van der Waals surface area contributed by atoms with Crippen LogP contribution < -0.4 is 5.32 Å². The summed E-state index contributed by atoms with van der Waals surface area (Å²) in [6, 6.07) is 12.2. The first-order valence-corrected chi connectivity index (χ1v) is 5.62. The fourth-order valence-corrected chi connectivity index (χ4v) is 1.64. The standard InChI is InChI=1S/C13H11N3O3/c14-7-10-2-1-3-11(6-10)8-15-9-12-4-5-13(19-12)16(17)18/h1-6,15H,8-9H2. The minimum atomic E-state index is -0.570. The van der Waals surface area contributed by atoms with Crippen molar-refractivity contribution in [3.8, 4) is 6.07 Å². The van der Waals surface area contributed by atoms with Gasteiger partial charge in [0.25, 0.3) is 0 Å². The highest BCUT2D eigenvalue weighted by Gasteiger charge is 2.11. The van der Waals surface area contributed by atoms with Crippen LogP contribution in [0.3, 0.4) is 0 Å². The summed E-state index contributed by atoms with van der Waals surface area (Å²) in [4.78, 5) is 9.87. The monoisotopic (exact) mass is 257 g/mol. The Morgan fingerprint density at radius 2 is 2.16 bits per heavy atom. The number of rotatable bonds is 5. The Morgan fingerprint density at radius 3 is 2.84 bits per heavy atom. The Balaban J connectivity index is 1.89. The van der Waals surface area contributed by atoms with Crippen molar-refractivity contribution in [2.24, 2.45) is 0 Å². The lowest BCUT2D eigenvalue weighted by atomic mass is 10.1. The molecule has 0 fully saturated rings. The van der Waals surface area contributed by atoms with Gasteiger partial charge in [0.1, 0.15) is 10.7 Å². The third-order valence-corrected chi connectivity index (χ3v) is 2.51. The van der Waals surface area contributed by atoms with E-state index in [4.69, 9.17) is 9.68 Å². The molecule has 2 aromatic rings. The van der Waals surface area contributed by atoms with Crippen LogP contribution in [0.1, 0.15) is 16.9 Å². The van der Waals surface area contributed by atoms with Gasteiger partial charge in [-0.15, -0.1) is 0 Å². The maximum Gasteiger partial charge on any atom is 0.433 e. The van der Waals surface area contributed by atoms with Crippen LogP contribution in [0.4, 0.5) is 5.88 Å². The van der Waals surface area contributed by atoms with Crippen molar-refractivity contribution < 1.29 is 9.34 Å². The molecule has 0 bridgehead atoms. The Morgan fingerprint density at radius 1 is 1.32 bits per heavy atom. The molecule has 96 valence electrons. The SMILES string of the molecule is N#Cc1cccc(CNCc2ccc([N+](=O)[O-])o2)c1. The maximum absolute atomic E-state index is 10.4. The van der Waals surface area contributed by atoms with E-state index in [1.54, 1.807) is 18.2 Å². The van der Waals surface area contributed by atoms with Crippen molar-refractivity contribution in [3.05, 3.63) is 63.4 Å². The molecule has 6 heteroatoms. The fourth-order valence-electron chi connectivity index (χ4n) is 1.64. The van der Waals surface area contributed by atoms with E-state index in [-0.39, 0.29) is 5.88 Å². The molecule has 6 nitrogen and oxygen atoms in total. The second kappa shape index (κ2) is 5.80. The molecule has 0 amide bonds. The zero-order valence-corrected chi connectivity index (χ0v) is 10.00. The molecule has 0 unspecified atom stereocenters. The molecule has 1 heterocycles. The molecule has 1 aromatic heterocycles. The number of nitriles is 1. The van der Waals surface area contributed by atoms with Gasteiger partial charge in [-0.05, 0) is 23.8 Å². The van der Waals surface area contributed by atoms with Gasteiger partial charge < -0.3 is 9.73 Å². The predicted octanol–water partition coefficient (Wildman–Crippen LogP) is 2.35. The molecule has 0 spiro atoms. The number of nitrogens with one attached hydrogen (secondary N) is 1. The van der Waals surface area contributed by atoms with E-state index in [1.165, 1.54) is 6.07 Å². The van der Waals surface area contributed by atoms with Crippen molar-refractivity contribution in [1.82, 2.24) is 5.32 Å². The lowest BCUT2D eigenvalue weighted by Gasteiger charge is -2.03. The molecule has 0 atom stereocenters. The maximum atomic E-state index is 10.4. The van der Waals surface area contributed by atoms with Gasteiger partial charge in [0.05, 0.1) is 24.2 Å². The molecule has 1 aromatic carbocycles. The summed E-state index contributed by atoms with van der Waals surface area (Å²) in [7, 11) is 0. The van der Waals surface area contributed by atoms with E-state index >= 15 is 0 Å². The van der Waals surface area contributed by atoms with Gasteiger partial charge in [-0.1, -0.05) is 12.1 Å². The van der Waals surface area contributed by atoms with E-state index in [0.717, 1.165) is 5.56 Å². The third kappa shape index (κ3) is 3.40. The van der Waals surface area contributed by atoms with Gasteiger partial charge in [0, 0.05) is 6.54 Å². The highest BCUT2D eigenvalue weighted by Crippen LogP contribution is 2.15. The molecular formula is C13H11N3O3. The summed E-state index contributed by atoms with van der Waals surface area (Å²) < 4.78 is 5.01. The Hall–Kier alpha value is -2.65. The van der Waals surface area contributed by atoms with Crippen molar-refractivity contribution in [1.29, 1.82) is 5.26 Å². The van der Waals surface area contributed by atoms with Gasteiger partial charge in [0.15, 0.2) is 0 Å². The first-order valence-electron chi connectivity index (χ1n) is 5.62. The minimum Gasteiger partial charge on any atom is -0.404 e. The minimum absolute atomic E-state index is 0.261. The van der Waals surface area contributed by atoms with Crippen LogP contribution in [-0.2, 0) is 13.1 Å². The van der Waals surface area contributed by atoms with E-state index in [9.17, 15) is 10.1 Å². The number of furan rings is 1. The second-order valence-corrected chi connectivity index (χ2v) is 3.91. The van der Waals surface area contributed by atoms with Crippen LogP contribution in [0.5, 0.6) is 0 Å². The van der Waals surface area contributed by atoms with Gasteiger partial charge in [-0.3, -0.25) is 10.1 Å². The highest BCUT2D eigenvalue weighted by molar-refractivity contribution is 5.32. The van der Waals surface area contributed by atoms with E-state index < -0.39 is 4.92 Å². The van der Waals surface area contributed by atoms with Gasteiger partial charge >= 0.3 is 5.88 Å². The summed E-state index contributed by atoms with van der Waals surface area (Å²) in [5.41, 5.74) is 1.58. The third-order valence-electron chi connectivity index (χ3n) is 2.51. The first-order chi connectivity index (χ1) is 9.19. The Bertz CT molecular complexity index is 628. The molecule has 19 heavy (non-hydrogen) atoms. The lowest BCUT2D eigenvalue weighted by molar-refractivity contribution is -0.402. The fraction of sp³-hybridized carbons (Fsp3) is 0.154. The zero-order valence-electron chi connectivity index (χ0n) is 10.00. The molecule has 0 aliphatic carbocycles. The number of hydrogen-bond donors (Lipinski definition) is 1. The molecule has 0 radical (unpaired) electrons. The summed E-state index contributed by atoms with van der Waals surface area (Å²) in [6.07, 6.45) is 0. The van der Waals surface area contributed by atoms with E-state index in [0.29, 0.717) is 24.4 Å². The number of nitro groups is 1. The molecule has 0 aliphatic rings. The van der Waals surface area contributed by atoms with Crippen molar-refractivity contribution in [2.75, 3.05) is 0 Å². The first kappa shape index (κ1) is 12.8. The largest absolute Gasteiger partial charge is 0.433 e. The highest BCUT2D eigenvalue weighted by atomic mass is 16.6. The molecule has 0 saturated carbocycles. The topological polar surface area (TPSA) is 92.1 Å². The van der Waals surface area contributed by atoms with Crippen LogP contribution >= 0.6 is 0 Å². The summed E-state index contributed by atoms with van der Waals surface area (Å²) in [6.45, 7) is 0.953. The summed E-state index contributed by atoms with van der Waals surface area (Å²) >= 11 is 0. The molecule has 1 N–H and O–H groups in total. The van der Waals surface area contributed by atoms with Gasteiger partial charge in [-0.2, -0.15) is 5.26 Å². The molecular weight excluding hydrogens is 246 g/mol. The summed E-state index contributed by atoms with van der Waals surface area (Å²) in [5, 5.41) is 22.3. The molecule has 0 aliphatic heterocycles. The van der Waals surface area contributed by atoms with E-state index in [2.05, 4.69) is 11.4 Å². The normalized spacial score (nSPS) is 10.1. The molecule has 2 rings (SSSR count).